The van der Waals surface area contributed by atoms with Crippen LogP contribution in [0.5, 0.6) is 5.75 Å². The Bertz CT molecular complexity index is 685. The van der Waals surface area contributed by atoms with Crippen LogP contribution < -0.4 is 4.74 Å². The molecule has 0 aliphatic carbocycles. The molecule has 0 bridgehead atoms. The van der Waals surface area contributed by atoms with Crippen LogP contribution in [0, 0.1) is 22.8 Å². The smallest absolute Gasteiger partial charge is 0.207 e. The van der Waals surface area contributed by atoms with Gasteiger partial charge in [0.05, 0.1) is 17.7 Å². The van der Waals surface area contributed by atoms with Gasteiger partial charge in [0.1, 0.15) is 23.8 Å². The van der Waals surface area contributed by atoms with Gasteiger partial charge in [-0.15, -0.1) is 0 Å². The molecule has 6 nitrogen and oxygen atoms in total. The highest BCUT2D eigenvalue weighted by Gasteiger charge is 2.45. The number of nitriles is 2. The highest BCUT2D eigenvalue weighted by Crippen LogP contribution is 2.42. The van der Waals surface area contributed by atoms with Crippen LogP contribution in [0.3, 0.4) is 0 Å². The highest BCUT2D eigenvalue weighted by atomic mass is 16.5. The minimum absolute atomic E-state index is 0.431. The third-order valence-corrected chi connectivity index (χ3v) is 3.94. The zero-order valence-electron chi connectivity index (χ0n) is 13.5. The molecule has 1 heterocycles. The van der Waals surface area contributed by atoms with Crippen molar-refractivity contribution in [2.75, 3.05) is 6.54 Å². The van der Waals surface area contributed by atoms with Gasteiger partial charge >= 0.3 is 0 Å². The number of rotatable bonds is 4. The lowest BCUT2D eigenvalue weighted by molar-refractivity contribution is -0.0807. The molecule has 6 heteroatoms. The van der Waals surface area contributed by atoms with Crippen molar-refractivity contribution in [3.63, 3.8) is 0 Å². The Morgan fingerprint density at radius 1 is 1.43 bits per heavy atom. The first-order valence-electron chi connectivity index (χ1n) is 7.53. The van der Waals surface area contributed by atoms with Gasteiger partial charge < -0.3 is 14.7 Å². The lowest BCUT2D eigenvalue weighted by Gasteiger charge is -2.45. The second-order valence-electron chi connectivity index (χ2n) is 6.04. The topological polar surface area (TPSA) is 92.6 Å². The minimum Gasteiger partial charge on any atom is -0.485 e. The van der Waals surface area contributed by atoms with E-state index in [1.165, 1.54) is 6.34 Å². The molecule has 23 heavy (non-hydrogen) atoms. The van der Waals surface area contributed by atoms with Crippen molar-refractivity contribution in [2.24, 2.45) is 4.99 Å². The highest BCUT2D eigenvalue weighted by molar-refractivity contribution is 5.59. The van der Waals surface area contributed by atoms with E-state index in [0.29, 0.717) is 17.9 Å². The van der Waals surface area contributed by atoms with Crippen molar-refractivity contribution in [3.05, 3.63) is 29.3 Å². The van der Waals surface area contributed by atoms with Crippen molar-refractivity contribution in [1.29, 1.82) is 10.5 Å². The lowest BCUT2D eigenvalue weighted by Crippen LogP contribution is -2.53. The monoisotopic (exact) mass is 312 g/mol. The van der Waals surface area contributed by atoms with Crippen LogP contribution in [-0.4, -0.2) is 34.6 Å². The van der Waals surface area contributed by atoms with Crippen molar-refractivity contribution in [1.82, 2.24) is 4.90 Å². The summed E-state index contributed by atoms with van der Waals surface area (Å²) in [5.74, 6) is 0.635. The van der Waals surface area contributed by atoms with Crippen LogP contribution in [0.1, 0.15) is 44.4 Å². The number of aliphatic hydroxyl groups is 1. The summed E-state index contributed by atoms with van der Waals surface area (Å²) < 4.78 is 5.90. The number of aliphatic hydroxyl groups excluding tert-OH is 1. The second kappa shape index (κ2) is 6.68. The summed E-state index contributed by atoms with van der Waals surface area (Å²) >= 11 is 0. The largest absolute Gasteiger partial charge is 0.485 e. The lowest BCUT2D eigenvalue weighted by atomic mass is 9.85. The average Bonchev–Trinajstić information content (AvgIpc) is 2.52. The van der Waals surface area contributed by atoms with Crippen molar-refractivity contribution in [3.8, 4) is 18.0 Å². The summed E-state index contributed by atoms with van der Waals surface area (Å²) in [5, 5.41) is 28.7. The molecule has 0 saturated heterocycles. The van der Waals surface area contributed by atoms with E-state index in [1.54, 1.807) is 24.4 Å². The maximum absolute atomic E-state index is 10.8. The van der Waals surface area contributed by atoms with Gasteiger partial charge in [-0.1, -0.05) is 6.92 Å². The Morgan fingerprint density at radius 3 is 2.78 bits per heavy atom. The maximum Gasteiger partial charge on any atom is 0.207 e. The summed E-state index contributed by atoms with van der Waals surface area (Å²) in [4.78, 5) is 5.48. The van der Waals surface area contributed by atoms with Gasteiger partial charge in [0.25, 0.3) is 0 Å². The number of benzene rings is 1. The fourth-order valence-electron chi connectivity index (χ4n) is 2.82. The first-order chi connectivity index (χ1) is 10.9. The van der Waals surface area contributed by atoms with Gasteiger partial charge in [0.15, 0.2) is 0 Å². The molecule has 1 aromatic rings. The van der Waals surface area contributed by atoms with Gasteiger partial charge in [-0.05, 0) is 38.5 Å². The Kier molecular flexibility index (Phi) is 4.88. The van der Waals surface area contributed by atoms with Gasteiger partial charge in [-0.2, -0.15) is 15.5 Å². The summed E-state index contributed by atoms with van der Waals surface area (Å²) in [6, 6.07) is 6.84. The first kappa shape index (κ1) is 16.8. The number of nitrogens with zero attached hydrogens (tertiary/aromatic N) is 4. The van der Waals surface area contributed by atoms with Crippen LogP contribution in [0.4, 0.5) is 0 Å². The Hall–Kier alpha value is -2.57. The van der Waals surface area contributed by atoms with Crippen LogP contribution >= 0.6 is 0 Å². The standard InChI is InChI=1S/C17H20N4O2/c1-4-7-21(11-20-10-19)15-13-8-12(9-18)5-6-14(13)23-17(2,3)16(15)22/h5-6,8,11,15-16,22H,4,7H2,1-3H3. The van der Waals surface area contributed by atoms with Gasteiger partial charge in [0.2, 0.25) is 6.19 Å². The molecule has 0 spiro atoms. The van der Waals surface area contributed by atoms with Gasteiger partial charge in [0, 0.05) is 12.1 Å². The quantitative estimate of drug-likeness (QED) is 0.523. The van der Waals surface area contributed by atoms with Crippen molar-refractivity contribution in [2.45, 2.75) is 44.9 Å². The van der Waals surface area contributed by atoms with Crippen LogP contribution in [0.15, 0.2) is 23.2 Å². The molecule has 0 amide bonds. The summed E-state index contributed by atoms with van der Waals surface area (Å²) in [7, 11) is 0. The van der Waals surface area contributed by atoms with Crippen molar-refractivity contribution < 1.29 is 9.84 Å². The molecule has 0 aromatic heterocycles. The van der Waals surface area contributed by atoms with Gasteiger partial charge in [-0.25, -0.2) is 0 Å². The van der Waals surface area contributed by atoms with E-state index in [4.69, 9.17) is 15.3 Å². The van der Waals surface area contributed by atoms with E-state index in [-0.39, 0.29) is 0 Å². The molecule has 1 aromatic carbocycles. The number of hydrogen-bond donors (Lipinski definition) is 1. The molecule has 1 aliphatic rings. The summed E-state index contributed by atoms with van der Waals surface area (Å²) in [6.45, 7) is 6.27. The van der Waals surface area contributed by atoms with E-state index in [1.807, 2.05) is 25.7 Å². The summed E-state index contributed by atoms with van der Waals surface area (Å²) in [6.07, 6.45) is 3.18. The molecule has 1 N–H and O–H groups in total. The molecule has 2 unspecified atom stereocenters. The van der Waals surface area contributed by atoms with Crippen molar-refractivity contribution >= 4 is 6.34 Å². The Labute approximate surface area is 136 Å². The summed E-state index contributed by atoms with van der Waals surface area (Å²) in [5.41, 5.74) is 0.435. The maximum atomic E-state index is 10.8. The molecular weight excluding hydrogens is 292 g/mol. The third kappa shape index (κ3) is 3.28. The zero-order chi connectivity index (χ0) is 17.0. The van der Waals surface area contributed by atoms with E-state index >= 15 is 0 Å². The molecular formula is C17H20N4O2. The SMILES string of the molecule is CCCN(C=NC#N)C1c2cc(C#N)ccc2OC(C)(C)C1O. The van der Waals surface area contributed by atoms with Crippen LogP contribution in [0.2, 0.25) is 0 Å². The Balaban J connectivity index is 2.57. The second-order valence-corrected chi connectivity index (χ2v) is 6.04. The average molecular weight is 312 g/mol. The molecule has 120 valence electrons. The molecule has 1 aliphatic heterocycles. The zero-order valence-corrected chi connectivity index (χ0v) is 13.5. The molecule has 0 fully saturated rings. The molecule has 0 saturated carbocycles. The van der Waals surface area contributed by atoms with Gasteiger partial charge in [-0.3, -0.25) is 0 Å². The third-order valence-electron chi connectivity index (χ3n) is 3.94. The predicted octanol–water partition coefficient (Wildman–Crippen LogP) is 2.35. The first-order valence-corrected chi connectivity index (χ1v) is 7.53. The Morgan fingerprint density at radius 2 is 2.17 bits per heavy atom. The number of ether oxygens (including phenoxy) is 1. The predicted molar refractivity (Wildman–Crippen MR) is 85.7 cm³/mol. The number of aliphatic imine (C=N–C) groups is 1. The van der Waals surface area contributed by atoms with Crippen LogP contribution in [0.25, 0.3) is 0 Å². The molecule has 0 radical (unpaired) electrons. The normalized spacial score (nSPS) is 21.8. The number of fused-ring (bicyclic) bond motifs is 1. The van der Waals surface area contributed by atoms with E-state index < -0.39 is 17.7 Å². The molecule has 2 atom stereocenters. The van der Waals surface area contributed by atoms with Crippen LogP contribution in [-0.2, 0) is 0 Å². The van der Waals surface area contributed by atoms with E-state index in [2.05, 4.69) is 11.1 Å². The van der Waals surface area contributed by atoms with E-state index in [9.17, 15) is 5.11 Å². The fraction of sp³-hybridized carbons (Fsp3) is 0.471. The van der Waals surface area contributed by atoms with E-state index in [0.717, 1.165) is 12.0 Å². The molecule has 2 rings (SSSR count). The number of hydrogen-bond acceptors (Lipinski definition) is 5. The fourth-order valence-corrected chi connectivity index (χ4v) is 2.82. The minimum atomic E-state index is -0.833.